The summed E-state index contributed by atoms with van der Waals surface area (Å²) in [6, 6.07) is 5.89. The van der Waals surface area contributed by atoms with E-state index in [0.717, 1.165) is 15.7 Å². The molecule has 0 unspecified atom stereocenters. The van der Waals surface area contributed by atoms with E-state index in [1.54, 1.807) is 20.8 Å². The number of hydrogen-bond acceptors (Lipinski definition) is 3. The normalized spacial score (nSPS) is 11.1. The van der Waals surface area contributed by atoms with E-state index < -0.39 is 5.54 Å². The van der Waals surface area contributed by atoms with Gasteiger partial charge in [0.15, 0.2) is 0 Å². The highest BCUT2D eigenvalue weighted by molar-refractivity contribution is 9.10. The maximum Gasteiger partial charge on any atom is 0.331 e. The molecule has 0 radical (unpaired) electrons. The summed E-state index contributed by atoms with van der Waals surface area (Å²) in [5.41, 5.74) is 1.31. The van der Waals surface area contributed by atoms with E-state index in [1.165, 1.54) is 0 Å². The Morgan fingerprint density at radius 2 is 2.12 bits per heavy atom. The van der Waals surface area contributed by atoms with Crippen molar-refractivity contribution >= 4 is 27.6 Å². The van der Waals surface area contributed by atoms with E-state index in [9.17, 15) is 4.79 Å². The molecular weight excluding hydrogens is 282 g/mol. The van der Waals surface area contributed by atoms with Gasteiger partial charge in [-0.25, -0.2) is 4.79 Å². The third-order valence-electron chi connectivity index (χ3n) is 2.41. The number of benzene rings is 1. The SMILES string of the molecule is CCOC(=O)C(C)(C)Nc1ccc(C)c(Br)c1. The fourth-order valence-corrected chi connectivity index (χ4v) is 1.77. The van der Waals surface area contributed by atoms with Gasteiger partial charge in [-0.3, -0.25) is 0 Å². The van der Waals surface area contributed by atoms with Gasteiger partial charge in [-0.05, 0) is 45.4 Å². The van der Waals surface area contributed by atoms with Crippen molar-refractivity contribution in [3.63, 3.8) is 0 Å². The van der Waals surface area contributed by atoms with Crippen molar-refractivity contribution < 1.29 is 9.53 Å². The second kappa shape index (κ2) is 5.54. The topological polar surface area (TPSA) is 38.3 Å². The van der Waals surface area contributed by atoms with Crippen molar-refractivity contribution in [3.8, 4) is 0 Å². The molecule has 1 rings (SSSR count). The fraction of sp³-hybridized carbons (Fsp3) is 0.462. The highest BCUT2D eigenvalue weighted by atomic mass is 79.9. The molecular formula is C13H18BrNO2. The number of aryl methyl sites for hydroxylation is 1. The number of ether oxygens (including phenoxy) is 1. The Kier molecular flexibility index (Phi) is 4.57. The molecule has 0 spiro atoms. The second-order valence-corrected chi connectivity index (χ2v) is 5.29. The molecule has 0 saturated carbocycles. The number of hydrogen-bond donors (Lipinski definition) is 1. The Bertz CT molecular complexity index is 416. The van der Waals surface area contributed by atoms with E-state index >= 15 is 0 Å². The molecule has 1 N–H and O–H groups in total. The lowest BCUT2D eigenvalue weighted by molar-refractivity contribution is -0.147. The first-order chi connectivity index (χ1) is 7.86. The minimum atomic E-state index is -0.731. The first-order valence-corrected chi connectivity index (χ1v) is 6.37. The molecule has 4 heteroatoms. The van der Waals surface area contributed by atoms with Gasteiger partial charge in [0.1, 0.15) is 5.54 Å². The molecule has 1 aromatic rings. The zero-order valence-electron chi connectivity index (χ0n) is 10.6. The van der Waals surface area contributed by atoms with Crippen molar-refractivity contribution in [2.24, 2.45) is 0 Å². The van der Waals surface area contributed by atoms with Gasteiger partial charge in [0, 0.05) is 10.2 Å². The van der Waals surface area contributed by atoms with Gasteiger partial charge in [-0.2, -0.15) is 0 Å². The predicted molar refractivity (Wildman–Crippen MR) is 73.2 cm³/mol. The van der Waals surface area contributed by atoms with Crippen LogP contribution in [0.1, 0.15) is 26.3 Å². The third-order valence-corrected chi connectivity index (χ3v) is 3.27. The number of esters is 1. The molecule has 0 bridgehead atoms. The summed E-state index contributed by atoms with van der Waals surface area (Å²) in [7, 11) is 0. The molecule has 0 aliphatic rings. The van der Waals surface area contributed by atoms with Crippen LogP contribution in [-0.4, -0.2) is 18.1 Å². The Morgan fingerprint density at radius 1 is 1.47 bits per heavy atom. The summed E-state index contributed by atoms with van der Waals surface area (Å²) in [5, 5.41) is 3.17. The molecule has 0 fully saturated rings. The van der Waals surface area contributed by atoms with Gasteiger partial charge in [0.05, 0.1) is 6.61 Å². The van der Waals surface area contributed by atoms with Crippen molar-refractivity contribution in [3.05, 3.63) is 28.2 Å². The quantitative estimate of drug-likeness (QED) is 0.865. The van der Waals surface area contributed by atoms with Crippen LogP contribution in [0.25, 0.3) is 0 Å². The molecule has 3 nitrogen and oxygen atoms in total. The van der Waals surface area contributed by atoms with E-state index in [2.05, 4.69) is 21.2 Å². The first kappa shape index (κ1) is 14.0. The molecule has 94 valence electrons. The van der Waals surface area contributed by atoms with Crippen molar-refractivity contribution in [1.29, 1.82) is 0 Å². The number of nitrogens with one attached hydrogen (secondary N) is 1. The van der Waals surface area contributed by atoms with E-state index in [-0.39, 0.29) is 5.97 Å². The molecule has 0 saturated heterocycles. The molecule has 0 aromatic heterocycles. The van der Waals surface area contributed by atoms with E-state index in [4.69, 9.17) is 4.74 Å². The molecule has 0 aliphatic carbocycles. The Labute approximate surface area is 111 Å². The number of rotatable bonds is 4. The molecule has 1 aromatic carbocycles. The zero-order valence-corrected chi connectivity index (χ0v) is 12.2. The van der Waals surface area contributed by atoms with Crippen LogP contribution < -0.4 is 5.32 Å². The smallest absolute Gasteiger partial charge is 0.331 e. The van der Waals surface area contributed by atoms with Crippen LogP contribution in [0.5, 0.6) is 0 Å². The largest absolute Gasteiger partial charge is 0.464 e. The Morgan fingerprint density at radius 3 is 2.65 bits per heavy atom. The summed E-state index contributed by atoms with van der Waals surface area (Å²) in [5.74, 6) is -0.253. The minimum absolute atomic E-state index is 0.253. The zero-order chi connectivity index (χ0) is 13.1. The summed E-state index contributed by atoms with van der Waals surface area (Å²) >= 11 is 3.47. The van der Waals surface area contributed by atoms with Gasteiger partial charge in [-0.15, -0.1) is 0 Å². The van der Waals surface area contributed by atoms with Crippen LogP contribution in [0.3, 0.4) is 0 Å². The maximum absolute atomic E-state index is 11.7. The number of halogens is 1. The summed E-state index contributed by atoms with van der Waals surface area (Å²) in [4.78, 5) is 11.7. The van der Waals surface area contributed by atoms with E-state index in [1.807, 2.05) is 25.1 Å². The van der Waals surface area contributed by atoms with Crippen LogP contribution in [0.2, 0.25) is 0 Å². The molecule has 0 amide bonds. The minimum Gasteiger partial charge on any atom is -0.464 e. The van der Waals surface area contributed by atoms with Crippen LogP contribution >= 0.6 is 15.9 Å². The average molecular weight is 300 g/mol. The standard InChI is InChI=1S/C13H18BrNO2/c1-5-17-12(16)13(3,4)15-10-7-6-9(2)11(14)8-10/h6-8,15H,5H2,1-4H3. The lowest BCUT2D eigenvalue weighted by Gasteiger charge is -2.25. The molecule has 0 heterocycles. The van der Waals surface area contributed by atoms with Gasteiger partial charge in [-0.1, -0.05) is 22.0 Å². The molecule has 0 atom stereocenters. The number of anilines is 1. The monoisotopic (exact) mass is 299 g/mol. The number of carbonyl (C=O) groups excluding carboxylic acids is 1. The van der Waals surface area contributed by atoms with Crippen molar-refractivity contribution in [2.75, 3.05) is 11.9 Å². The maximum atomic E-state index is 11.7. The van der Waals surface area contributed by atoms with Gasteiger partial charge in [0.25, 0.3) is 0 Å². The van der Waals surface area contributed by atoms with Gasteiger partial charge >= 0.3 is 5.97 Å². The predicted octanol–water partition coefficient (Wildman–Crippen LogP) is 3.51. The van der Waals surface area contributed by atoms with Crippen molar-refractivity contribution in [2.45, 2.75) is 33.2 Å². The Hall–Kier alpha value is -1.03. The van der Waals surface area contributed by atoms with Gasteiger partial charge < -0.3 is 10.1 Å². The average Bonchev–Trinajstić information content (AvgIpc) is 2.23. The highest BCUT2D eigenvalue weighted by Crippen LogP contribution is 2.23. The Balaban J connectivity index is 2.82. The van der Waals surface area contributed by atoms with Crippen LogP contribution in [0.4, 0.5) is 5.69 Å². The lowest BCUT2D eigenvalue weighted by Crippen LogP contribution is -2.41. The van der Waals surface area contributed by atoms with Crippen LogP contribution in [-0.2, 0) is 9.53 Å². The molecule has 0 aliphatic heterocycles. The summed E-state index contributed by atoms with van der Waals surface area (Å²) in [6.07, 6.45) is 0. The van der Waals surface area contributed by atoms with E-state index in [0.29, 0.717) is 6.61 Å². The summed E-state index contributed by atoms with van der Waals surface area (Å²) < 4.78 is 6.04. The van der Waals surface area contributed by atoms with Gasteiger partial charge in [0.2, 0.25) is 0 Å². The lowest BCUT2D eigenvalue weighted by atomic mass is 10.1. The third kappa shape index (κ3) is 3.73. The van der Waals surface area contributed by atoms with Crippen LogP contribution in [0.15, 0.2) is 22.7 Å². The molecule has 17 heavy (non-hydrogen) atoms. The number of carbonyl (C=O) groups is 1. The van der Waals surface area contributed by atoms with Crippen LogP contribution in [0, 0.1) is 6.92 Å². The second-order valence-electron chi connectivity index (χ2n) is 4.43. The fourth-order valence-electron chi connectivity index (χ4n) is 1.39. The highest BCUT2D eigenvalue weighted by Gasteiger charge is 2.28. The first-order valence-electron chi connectivity index (χ1n) is 5.58. The summed E-state index contributed by atoms with van der Waals surface area (Å²) in [6.45, 7) is 7.82. The van der Waals surface area contributed by atoms with Crippen molar-refractivity contribution in [1.82, 2.24) is 0 Å².